The topological polar surface area (TPSA) is 43.6 Å². The predicted molar refractivity (Wildman–Crippen MR) is 68.5 cm³/mol. The maximum Gasteiger partial charge on any atom is 0.175 e. The monoisotopic (exact) mass is 268 g/mol. The van der Waals surface area contributed by atoms with Crippen molar-refractivity contribution >= 4 is 29.3 Å². The van der Waals surface area contributed by atoms with Crippen LogP contribution < -0.4 is 0 Å². The molecule has 0 aromatic carbocycles. The molecule has 0 radical (unpaired) electrons. The molecular formula is C11H10Cl2N4. The Kier molecular flexibility index (Phi) is 4.12. The molecule has 0 saturated heterocycles. The molecule has 0 bridgehead atoms. The van der Waals surface area contributed by atoms with Gasteiger partial charge >= 0.3 is 0 Å². The molecule has 0 aliphatic carbocycles. The maximum absolute atomic E-state index is 5.66. The van der Waals surface area contributed by atoms with E-state index in [9.17, 15) is 0 Å². The Morgan fingerprint density at radius 1 is 1.29 bits per heavy atom. The third kappa shape index (κ3) is 3.28. The number of halogens is 2. The first-order chi connectivity index (χ1) is 8.29. The molecule has 6 heteroatoms. The van der Waals surface area contributed by atoms with Gasteiger partial charge in [0.15, 0.2) is 11.0 Å². The number of alkyl halides is 1. The van der Waals surface area contributed by atoms with Gasteiger partial charge in [-0.1, -0.05) is 23.8 Å². The lowest BCUT2D eigenvalue weighted by molar-refractivity contribution is 0.814. The van der Waals surface area contributed by atoms with E-state index in [0.29, 0.717) is 16.9 Å². The van der Waals surface area contributed by atoms with E-state index in [0.717, 1.165) is 12.0 Å². The van der Waals surface area contributed by atoms with Gasteiger partial charge in [0, 0.05) is 17.6 Å². The lowest BCUT2D eigenvalue weighted by Crippen LogP contribution is -1.98. The molecule has 0 N–H and O–H groups in total. The van der Waals surface area contributed by atoms with Crippen LogP contribution in [0.4, 0.5) is 0 Å². The number of nitrogens with zero attached hydrogens (tertiary/aromatic N) is 4. The van der Waals surface area contributed by atoms with Crippen LogP contribution in [0.2, 0.25) is 5.15 Å². The van der Waals surface area contributed by atoms with Crippen LogP contribution in [0.1, 0.15) is 12.0 Å². The Hall–Kier alpha value is -1.39. The van der Waals surface area contributed by atoms with Crippen molar-refractivity contribution in [3.63, 3.8) is 0 Å². The van der Waals surface area contributed by atoms with Gasteiger partial charge in [-0.3, -0.25) is 0 Å². The third-order valence-electron chi connectivity index (χ3n) is 2.04. The number of hydrogen-bond donors (Lipinski definition) is 0. The van der Waals surface area contributed by atoms with Crippen molar-refractivity contribution in [3.8, 4) is 5.82 Å². The number of hydrogen-bond acceptors (Lipinski definition) is 3. The molecule has 0 aliphatic heterocycles. The first kappa shape index (κ1) is 12.1. The minimum Gasteiger partial charge on any atom is -0.220 e. The molecule has 2 aromatic rings. The summed E-state index contributed by atoms with van der Waals surface area (Å²) in [4.78, 5) is 0. The predicted octanol–water partition coefficient (Wildman–Crippen LogP) is 2.96. The molecule has 0 spiro atoms. The Morgan fingerprint density at radius 3 is 2.88 bits per heavy atom. The highest BCUT2D eigenvalue weighted by Crippen LogP contribution is 2.08. The highest BCUT2D eigenvalue weighted by Gasteiger charge is 2.00. The summed E-state index contributed by atoms with van der Waals surface area (Å²) in [5.41, 5.74) is 0.992. The van der Waals surface area contributed by atoms with Crippen molar-refractivity contribution in [2.75, 3.05) is 5.88 Å². The second kappa shape index (κ2) is 5.80. The fourth-order valence-electron chi connectivity index (χ4n) is 1.26. The van der Waals surface area contributed by atoms with Crippen LogP contribution in [-0.2, 0) is 0 Å². The quantitative estimate of drug-likeness (QED) is 0.801. The molecule has 0 fully saturated rings. The van der Waals surface area contributed by atoms with E-state index in [-0.39, 0.29) is 0 Å². The van der Waals surface area contributed by atoms with E-state index in [1.807, 2.05) is 18.3 Å². The Balaban J connectivity index is 2.15. The molecular weight excluding hydrogens is 259 g/mol. The molecule has 2 heterocycles. The summed E-state index contributed by atoms with van der Waals surface area (Å²) in [5.74, 6) is 1.25. The van der Waals surface area contributed by atoms with Gasteiger partial charge in [0.25, 0.3) is 0 Å². The van der Waals surface area contributed by atoms with Crippen LogP contribution in [0.25, 0.3) is 11.9 Å². The average Bonchev–Trinajstić information content (AvgIpc) is 2.79. The van der Waals surface area contributed by atoms with E-state index in [1.54, 1.807) is 23.0 Å². The minimum absolute atomic E-state index is 0.364. The first-order valence-electron chi connectivity index (χ1n) is 5.06. The van der Waals surface area contributed by atoms with Crippen LogP contribution in [-0.4, -0.2) is 25.9 Å². The molecule has 2 aromatic heterocycles. The van der Waals surface area contributed by atoms with Gasteiger partial charge in [-0.2, -0.15) is 5.10 Å². The summed E-state index contributed by atoms with van der Waals surface area (Å²) in [5, 5.41) is 12.2. The fourth-order valence-corrected chi connectivity index (χ4v) is 1.49. The van der Waals surface area contributed by atoms with Gasteiger partial charge in [-0.25, -0.2) is 4.68 Å². The number of rotatable bonds is 4. The second-order valence-electron chi connectivity index (χ2n) is 3.31. The van der Waals surface area contributed by atoms with E-state index in [1.165, 1.54) is 0 Å². The summed E-state index contributed by atoms with van der Waals surface area (Å²) in [6.07, 6.45) is 8.42. The lowest BCUT2D eigenvalue weighted by Gasteiger charge is -1.97. The smallest absolute Gasteiger partial charge is 0.175 e. The average molecular weight is 269 g/mol. The molecule has 0 aliphatic rings. The zero-order valence-corrected chi connectivity index (χ0v) is 10.4. The fraction of sp³-hybridized carbons (Fsp3) is 0.182. The Labute approximate surface area is 109 Å². The minimum atomic E-state index is 0.364. The van der Waals surface area contributed by atoms with Gasteiger partial charge in [0.1, 0.15) is 0 Å². The second-order valence-corrected chi connectivity index (χ2v) is 4.08. The van der Waals surface area contributed by atoms with Crippen LogP contribution in [0.15, 0.2) is 30.6 Å². The van der Waals surface area contributed by atoms with E-state index >= 15 is 0 Å². The van der Waals surface area contributed by atoms with Gasteiger partial charge in [-0.05, 0) is 18.6 Å². The zero-order chi connectivity index (χ0) is 12.1. The summed E-state index contributed by atoms with van der Waals surface area (Å²) in [6, 6.07) is 3.43. The van der Waals surface area contributed by atoms with E-state index in [4.69, 9.17) is 23.2 Å². The Bertz CT molecular complexity index is 504. The van der Waals surface area contributed by atoms with Gasteiger partial charge in [0.05, 0.1) is 6.20 Å². The normalized spacial score (nSPS) is 11.2. The first-order valence-corrected chi connectivity index (χ1v) is 5.97. The molecule has 0 unspecified atom stereocenters. The molecule has 17 heavy (non-hydrogen) atoms. The summed E-state index contributed by atoms with van der Waals surface area (Å²) >= 11 is 11.2. The molecule has 2 rings (SSSR count). The highest BCUT2D eigenvalue weighted by molar-refractivity contribution is 6.29. The van der Waals surface area contributed by atoms with Gasteiger partial charge in [0.2, 0.25) is 0 Å². The highest BCUT2D eigenvalue weighted by atomic mass is 35.5. The van der Waals surface area contributed by atoms with Gasteiger partial charge in [-0.15, -0.1) is 21.8 Å². The van der Waals surface area contributed by atoms with E-state index < -0.39 is 0 Å². The zero-order valence-electron chi connectivity index (χ0n) is 8.92. The molecule has 88 valence electrons. The van der Waals surface area contributed by atoms with Crippen molar-refractivity contribution in [1.29, 1.82) is 0 Å². The van der Waals surface area contributed by atoms with Crippen molar-refractivity contribution in [2.45, 2.75) is 6.42 Å². The molecule has 0 atom stereocenters. The molecule has 0 amide bonds. The standard InChI is InChI=1S/C11H10Cl2N4/c12-6-2-1-3-9-7-14-17(8-9)11-5-4-10(13)15-16-11/h1,3-5,7-8H,2,6H2. The van der Waals surface area contributed by atoms with Crippen molar-refractivity contribution < 1.29 is 0 Å². The summed E-state index contributed by atoms with van der Waals surface area (Å²) in [7, 11) is 0. The molecule has 4 nitrogen and oxygen atoms in total. The van der Waals surface area contributed by atoms with Crippen LogP contribution in [0, 0.1) is 0 Å². The van der Waals surface area contributed by atoms with Crippen LogP contribution in [0.5, 0.6) is 0 Å². The van der Waals surface area contributed by atoms with E-state index in [2.05, 4.69) is 15.3 Å². The van der Waals surface area contributed by atoms with Crippen molar-refractivity contribution in [1.82, 2.24) is 20.0 Å². The largest absolute Gasteiger partial charge is 0.220 e. The van der Waals surface area contributed by atoms with Gasteiger partial charge < -0.3 is 0 Å². The lowest BCUT2D eigenvalue weighted by atomic mass is 10.3. The van der Waals surface area contributed by atoms with Crippen molar-refractivity contribution in [2.24, 2.45) is 0 Å². The van der Waals surface area contributed by atoms with Crippen LogP contribution in [0.3, 0.4) is 0 Å². The number of allylic oxidation sites excluding steroid dienone is 1. The maximum atomic E-state index is 5.66. The summed E-state index contributed by atoms with van der Waals surface area (Å²) < 4.78 is 1.64. The van der Waals surface area contributed by atoms with Crippen LogP contribution >= 0.6 is 23.2 Å². The Morgan fingerprint density at radius 2 is 2.18 bits per heavy atom. The molecule has 0 saturated carbocycles. The third-order valence-corrected chi connectivity index (χ3v) is 2.46. The summed E-state index contributed by atoms with van der Waals surface area (Å²) in [6.45, 7) is 0. The van der Waals surface area contributed by atoms with Crippen molar-refractivity contribution in [3.05, 3.63) is 41.3 Å². The number of aromatic nitrogens is 4. The SMILES string of the molecule is ClCCC=Cc1cnn(-c2ccc(Cl)nn2)c1.